The van der Waals surface area contributed by atoms with Gasteiger partial charge in [-0.3, -0.25) is 9.59 Å². The summed E-state index contributed by atoms with van der Waals surface area (Å²) >= 11 is 0. The summed E-state index contributed by atoms with van der Waals surface area (Å²) in [6.45, 7) is 2.95. The second-order valence-electron chi connectivity index (χ2n) is 8.58. The van der Waals surface area contributed by atoms with Crippen molar-refractivity contribution in [2.45, 2.75) is 26.2 Å². The van der Waals surface area contributed by atoms with E-state index in [0.717, 1.165) is 27.8 Å². The number of carbonyl (C=O) groups excluding carboxylic acids is 2. The normalized spacial score (nSPS) is 18.2. The Balaban J connectivity index is 1.55. The van der Waals surface area contributed by atoms with E-state index in [0.29, 0.717) is 32.4 Å². The van der Waals surface area contributed by atoms with Crippen molar-refractivity contribution in [2.75, 3.05) is 13.1 Å². The van der Waals surface area contributed by atoms with Crippen LogP contribution in [-0.2, 0) is 22.4 Å². The van der Waals surface area contributed by atoms with Gasteiger partial charge in [-0.15, -0.1) is 0 Å². The molecule has 2 amide bonds. The fraction of sp³-hybridized carbons (Fsp3) is 0.259. The molecule has 4 rings (SSSR count). The number of hydrogen-bond donors (Lipinski definition) is 1. The van der Waals surface area contributed by atoms with Crippen LogP contribution in [0.15, 0.2) is 78.9 Å². The minimum atomic E-state index is -0.743. The first-order valence-corrected chi connectivity index (χ1v) is 10.7. The Morgan fingerprint density at radius 1 is 0.968 bits per heavy atom. The molecule has 3 aromatic carbocycles. The van der Waals surface area contributed by atoms with Gasteiger partial charge in [-0.1, -0.05) is 84.4 Å². The molecule has 1 aliphatic heterocycles. The van der Waals surface area contributed by atoms with E-state index in [2.05, 4.69) is 24.3 Å². The predicted octanol–water partition coefficient (Wildman–Crippen LogP) is 4.15. The van der Waals surface area contributed by atoms with Gasteiger partial charge in [0.25, 0.3) is 0 Å². The second-order valence-corrected chi connectivity index (χ2v) is 8.58. The molecule has 1 fully saturated rings. The van der Waals surface area contributed by atoms with E-state index < -0.39 is 5.41 Å². The lowest BCUT2D eigenvalue weighted by molar-refractivity contribution is -0.131. The van der Waals surface area contributed by atoms with Gasteiger partial charge in [-0.2, -0.15) is 0 Å². The van der Waals surface area contributed by atoms with Gasteiger partial charge < -0.3 is 10.6 Å². The number of nitrogens with two attached hydrogens (primary N) is 1. The molecular formula is C27H28N2O2. The lowest BCUT2D eigenvalue weighted by Gasteiger charge is -2.27. The van der Waals surface area contributed by atoms with Gasteiger partial charge in [0, 0.05) is 13.1 Å². The van der Waals surface area contributed by atoms with Gasteiger partial charge >= 0.3 is 0 Å². The standard InChI is InChI=1S/C27H28N2O2/c1-20-8-7-9-21(16-20)17-25(30)29-15-14-27(19-29,26(28)31)18-23-12-5-6-13-24(23)22-10-3-2-4-11-22/h2-13,16H,14-15,17-19H2,1H3,(H2,28,31)/t27-/m1/s1. The van der Waals surface area contributed by atoms with E-state index >= 15 is 0 Å². The quantitative estimate of drug-likeness (QED) is 0.661. The first-order chi connectivity index (χ1) is 15.0. The van der Waals surface area contributed by atoms with E-state index in [1.54, 1.807) is 4.90 Å². The highest BCUT2D eigenvalue weighted by Gasteiger charge is 2.45. The molecule has 4 nitrogen and oxygen atoms in total. The van der Waals surface area contributed by atoms with Crippen molar-refractivity contribution in [3.05, 3.63) is 95.6 Å². The Labute approximate surface area is 183 Å². The molecule has 1 aliphatic rings. The van der Waals surface area contributed by atoms with Crippen LogP contribution in [0.4, 0.5) is 0 Å². The molecule has 0 radical (unpaired) electrons. The molecule has 3 aromatic rings. The third kappa shape index (κ3) is 4.53. The third-order valence-corrected chi connectivity index (χ3v) is 6.30. The molecule has 31 heavy (non-hydrogen) atoms. The molecule has 0 bridgehead atoms. The molecule has 1 heterocycles. The highest BCUT2D eigenvalue weighted by molar-refractivity contribution is 5.85. The maximum atomic E-state index is 13.0. The van der Waals surface area contributed by atoms with Crippen molar-refractivity contribution in [3.8, 4) is 11.1 Å². The average molecular weight is 413 g/mol. The minimum Gasteiger partial charge on any atom is -0.369 e. The molecule has 2 N–H and O–H groups in total. The lowest BCUT2D eigenvalue weighted by atomic mass is 9.78. The van der Waals surface area contributed by atoms with Crippen molar-refractivity contribution < 1.29 is 9.59 Å². The Kier molecular flexibility index (Phi) is 5.90. The van der Waals surface area contributed by atoms with Crippen molar-refractivity contribution in [1.82, 2.24) is 4.90 Å². The number of amides is 2. The molecule has 0 spiro atoms. The van der Waals surface area contributed by atoms with Crippen LogP contribution in [0.2, 0.25) is 0 Å². The maximum absolute atomic E-state index is 13.0. The van der Waals surface area contributed by atoms with E-state index in [1.807, 2.05) is 61.5 Å². The van der Waals surface area contributed by atoms with Crippen molar-refractivity contribution >= 4 is 11.8 Å². The first kappa shape index (κ1) is 20.9. The molecule has 4 heteroatoms. The van der Waals surface area contributed by atoms with Crippen LogP contribution in [0, 0.1) is 12.3 Å². The number of nitrogens with zero attached hydrogens (tertiary/aromatic N) is 1. The van der Waals surface area contributed by atoms with Crippen LogP contribution >= 0.6 is 0 Å². The SMILES string of the molecule is Cc1cccc(CC(=O)N2CC[C@](Cc3ccccc3-c3ccccc3)(C(N)=O)C2)c1. The monoisotopic (exact) mass is 412 g/mol. The number of likely N-dealkylation sites (tertiary alicyclic amines) is 1. The van der Waals surface area contributed by atoms with Crippen LogP contribution in [-0.4, -0.2) is 29.8 Å². The molecule has 158 valence electrons. The zero-order valence-electron chi connectivity index (χ0n) is 17.9. The number of hydrogen-bond acceptors (Lipinski definition) is 2. The summed E-state index contributed by atoms with van der Waals surface area (Å²) in [5, 5.41) is 0. The smallest absolute Gasteiger partial charge is 0.227 e. The van der Waals surface area contributed by atoms with Gasteiger partial charge in [0.05, 0.1) is 11.8 Å². The van der Waals surface area contributed by atoms with Crippen molar-refractivity contribution in [2.24, 2.45) is 11.1 Å². The van der Waals surface area contributed by atoms with E-state index in [-0.39, 0.29) is 11.8 Å². The van der Waals surface area contributed by atoms with Gasteiger partial charge in [-0.05, 0) is 42.0 Å². The Morgan fingerprint density at radius 3 is 2.45 bits per heavy atom. The number of rotatable bonds is 6. The molecule has 1 saturated heterocycles. The molecule has 0 aliphatic carbocycles. The Hall–Kier alpha value is -3.40. The zero-order valence-corrected chi connectivity index (χ0v) is 17.9. The summed E-state index contributed by atoms with van der Waals surface area (Å²) in [7, 11) is 0. The topological polar surface area (TPSA) is 63.4 Å². The minimum absolute atomic E-state index is 0.0464. The number of benzene rings is 3. The third-order valence-electron chi connectivity index (χ3n) is 6.30. The van der Waals surface area contributed by atoms with Crippen molar-refractivity contribution in [1.29, 1.82) is 0 Å². The highest BCUT2D eigenvalue weighted by Crippen LogP contribution is 2.37. The summed E-state index contributed by atoms with van der Waals surface area (Å²) in [6.07, 6.45) is 1.46. The lowest BCUT2D eigenvalue weighted by Crippen LogP contribution is -2.42. The van der Waals surface area contributed by atoms with Gasteiger partial charge in [0.1, 0.15) is 0 Å². The molecule has 0 saturated carbocycles. The van der Waals surface area contributed by atoms with Crippen LogP contribution in [0.5, 0.6) is 0 Å². The predicted molar refractivity (Wildman–Crippen MR) is 123 cm³/mol. The molecule has 0 aromatic heterocycles. The van der Waals surface area contributed by atoms with E-state index in [9.17, 15) is 9.59 Å². The number of aryl methyl sites for hydroxylation is 1. The summed E-state index contributed by atoms with van der Waals surface area (Å²) < 4.78 is 0. The van der Waals surface area contributed by atoms with Crippen LogP contribution in [0.1, 0.15) is 23.1 Å². The summed E-state index contributed by atoms with van der Waals surface area (Å²) in [4.78, 5) is 27.4. The Morgan fingerprint density at radius 2 is 1.71 bits per heavy atom. The molecule has 1 atom stereocenters. The summed E-state index contributed by atoms with van der Waals surface area (Å²) in [5.74, 6) is -0.286. The van der Waals surface area contributed by atoms with Crippen LogP contribution < -0.4 is 5.73 Å². The zero-order chi connectivity index (χ0) is 21.8. The van der Waals surface area contributed by atoms with Gasteiger partial charge in [0.2, 0.25) is 11.8 Å². The van der Waals surface area contributed by atoms with E-state index in [4.69, 9.17) is 5.73 Å². The summed E-state index contributed by atoms with van der Waals surface area (Å²) in [5.41, 5.74) is 10.6. The van der Waals surface area contributed by atoms with Gasteiger partial charge in [-0.25, -0.2) is 0 Å². The fourth-order valence-electron chi connectivity index (χ4n) is 4.56. The summed E-state index contributed by atoms with van der Waals surface area (Å²) in [6, 6.07) is 26.3. The van der Waals surface area contributed by atoms with Gasteiger partial charge in [0.15, 0.2) is 0 Å². The van der Waals surface area contributed by atoms with E-state index in [1.165, 1.54) is 0 Å². The molecule has 0 unspecified atom stereocenters. The largest absolute Gasteiger partial charge is 0.369 e. The highest BCUT2D eigenvalue weighted by atomic mass is 16.2. The average Bonchev–Trinajstić information content (AvgIpc) is 3.21. The number of carbonyl (C=O) groups is 2. The van der Waals surface area contributed by atoms with Crippen LogP contribution in [0.3, 0.4) is 0 Å². The van der Waals surface area contributed by atoms with Crippen molar-refractivity contribution in [3.63, 3.8) is 0 Å². The van der Waals surface area contributed by atoms with Crippen LogP contribution in [0.25, 0.3) is 11.1 Å². The fourth-order valence-corrected chi connectivity index (χ4v) is 4.56. The number of primary amides is 1. The maximum Gasteiger partial charge on any atom is 0.227 e. The Bertz CT molecular complexity index is 1090. The first-order valence-electron chi connectivity index (χ1n) is 10.7. The second kappa shape index (κ2) is 8.76. The molecular weight excluding hydrogens is 384 g/mol.